The molecule has 3 aromatic carbocycles. The van der Waals surface area contributed by atoms with E-state index in [-0.39, 0.29) is 52.8 Å². The van der Waals surface area contributed by atoms with Gasteiger partial charge in [0, 0.05) is 16.4 Å². The zero-order valence-electron chi connectivity index (χ0n) is 21.2. The molecule has 1 aromatic heterocycles. The number of amides is 2. The van der Waals surface area contributed by atoms with E-state index < -0.39 is 17.6 Å². The Kier molecular flexibility index (Phi) is 9.79. The van der Waals surface area contributed by atoms with Crippen molar-refractivity contribution in [1.82, 2.24) is 9.97 Å². The lowest BCUT2D eigenvalue weighted by Gasteiger charge is -2.18. The number of halogens is 4. The Morgan fingerprint density at radius 1 is 1.05 bits per heavy atom. The predicted molar refractivity (Wildman–Crippen MR) is 156 cm³/mol. The van der Waals surface area contributed by atoms with E-state index in [1.54, 1.807) is 31.2 Å². The normalized spacial score (nSPS) is 11.7. The number of rotatable bonds is 8. The summed E-state index contributed by atoms with van der Waals surface area (Å²) >= 11 is 12.3. The molecule has 0 saturated carbocycles. The quantitative estimate of drug-likeness (QED) is 0.156. The van der Waals surface area contributed by atoms with Crippen molar-refractivity contribution in [1.29, 1.82) is 0 Å². The third-order valence-electron chi connectivity index (χ3n) is 6.12. The number of aliphatic hydroxyl groups excluding tert-OH is 1. The van der Waals surface area contributed by atoms with Crippen molar-refractivity contribution in [3.05, 3.63) is 81.1 Å². The van der Waals surface area contributed by atoms with Crippen LogP contribution in [0.25, 0.3) is 11.0 Å². The molecular weight excluding hydrogens is 568 g/mol. The number of aliphatic hydroxyl groups is 1. The summed E-state index contributed by atoms with van der Waals surface area (Å²) in [5, 5.41) is 18.7. The smallest absolute Gasteiger partial charge is 0.260 e. The van der Waals surface area contributed by atoms with Gasteiger partial charge in [0.1, 0.15) is 11.3 Å². The highest BCUT2D eigenvalue weighted by molar-refractivity contribution is 6.34. The minimum absolute atomic E-state index is 0. The number of hydrogen-bond acceptors (Lipinski definition) is 5. The number of aromatic amines is 1. The minimum atomic E-state index is -0.776. The second-order valence-electron chi connectivity index (χ2n) is 9.10. The van der Waals surface area contributed by atoms with Crippen LogP contribution in [0.15, 0.2) is 48.5 Å². The lowest BCUT2D eigenvalue weighted by atomic mass is 10.1. The lowest BCUT2D eigenvalue weighted by Crippen LogP contribution is -2.29. The van der Waals surface area contributed by atoms with E-state index in [1.165, 1.54) is 18.2 Å². The zero-order chi connectivity index (χ0) is 27.6. The third-order valence-corrected chi connectivity index (χ3v) is 6.84. The van der Waals surface area contributed by atoms with Crippen molar-refractivity contribution >= 4 is 75.8 Å². The van der Waals surface area contributed by atoms with Crippen molar-refractivity contribution < 1.29 is 19.1 Å². The molecule has 0 aliphatic carbocycles. The number of carbonyl (C=O) groups is 2. The second-order valence-corrected chi connectivity index (χ2v) is 9.91. The SMILES string of the molecule is Cc1c(Cl)cccc1NC(=O)c1cc(NC(=O)c2c(F)cccc2Cl)cc2[nH]c(NC(CO)C(C)C)nc12.Cl. The van der Waals surface area contributed by atoms with Crippen LogP contribution in [-0.4, -0.2) is 39.5 Å². The number of benzene rings is 3. The van der Waals surface area contributed by atoms with Crippen molar-refractivity contribution in [3.63, 3.8) is 0 Å². The second kappa shape index (κ2) is 12.7. The van der Waals surface area contributed by atoms with Gasteiger partial charge in [0.15, 0.2) is 0 Å². The Bertz CT molecular complexity index is 1510. The number of aromatic nitrogens is 2. The Balaban J connectivity index is 0.00000420. The summed E-state index contributed by atoms with van der Waals surface area (Å²) in [5.41, 5.74) is 2.00. The van der Waals surface area contributed by atoms with Gasteiger partial charge in [-0.1, -0.05) is 49.2 Å². The van der Waals surface area contributed by atoms with Crippen LogP contribution in [0.2, 0.25) is 10.0 Å². The molecule has 0 fully saturated rings. The first kappa shape index (κ1) is 30.2. The first-order valence-electron chi connectivity index (χ1n) is 11.8. The number of nitrogens with one attached hydrogen (secondary N) is 4. The number of hydrogen-bond donors (Lipinski definition) is 5. The third kappa shape index (κ3) is 6.62. The van der Waals surface area contributed by atoms with Gasteiger partial charge >= 0.3 is 0 Å². The summed E-state index contributed by atoms with van der Waals surface area (Å²) in [5.74, 6) is -1.62. The Morgan fingerprint density at radius 3 is 2.41 bits per heavy atom. The fourth-order valence-electron chi connectivity index (χ4n) is 3.87. The molecule has 0 aliphatic heterocycles. The Morgan fingerprint density at radius 2 is 1.74 bits per heavy atom. The Hall–Kier alpha value is -3.37. The highest BCUT2D eigenvalue weighted by Crippen LogP contribution is 2.29. The molecule has 5 N–H and O–H groups in total. The van der Waals surface area contributed by atoms with E-state index in [9.17, 15) is 19.1 Å². The largest absolute Gasteiger partial charge is 0.394 e. The first-order chi connectivity index (χ1) is 18.1. The predicted octanol–water partition coefficient (Wildman–Crippen LogP) is 6.67. The van der Waals surface area contributed by atoms with Crippen molar-refractivity contribution in [2.24, 2.45) is 5.92 Å². The summed E-state index contributed by atoms with van der Waals surface area (Å²) in [6, 6.07) is 11.8. The van der Waals surface area contributed by atoms with E-state index in [0.717, 1.165) is 6.07 Å². The summed E-state index contributed by atoms with van der Waals surface area (Å²) in [6.07, 6.45) is 0. The van der Waals surface area contributed by atoms with Crippen LogP contribution >= 0.6 is 35.6 Å². The van der Waals surface area contributed by atoms with Crippen LogP contribution in [0.3, 0.4) is 0 Å². The number of anilines is 3. The Labute approximate surface area is 240 Å². The summed E-state index contributed by atoms with van der Waals surface area (Å²) < 4.78 is 14.3. The lowest BCUT2D eigenvalue weighted by molar-refractivity contribution is 0.101. The molecule has 4 aromatic rings. The average Bonchev–Trinajstić information content (AvgIpc) is 3.27. The number of H-pyrrole nitrogens is 1. The van der Waals surface area contributed by atoms with Gasteiger partial charge in [-0.25, -0.2) is 9.37 Å². The number of nitrogens with zero attached hydrogens (tertiary/aromatic N) is 1. The van der Waals surface area contributed by atoms with Crippen molar-refractivity contribution in [2.45, 2.75) is 26.8 Å². The van der Waals surface area contributed by atoms with Gasteiger partial charge in [-0.05, 0) is 54.8 Å². The maximum Gasteiger partial charge on any atom is 0.260 e. The minimum Gasteiger partial charge on any atom is -0.394 e. The van der Waals surface area contributed by atoms with Gasteiger partial charge < -0.3 is 26.0 Å². The molecule has 4 rings (SSSR count). The van der Waals surface area contributed by atoms with Crippen LogP contribution in [0.4, 0.5) is 21.7 Å². The van der Waals surface area contributed by atoms with Crippen LogP contribution in [0.1, 0.15) is 40.1 Å². The van der Waals surface area contributed by atoms with Crippen LogP contribution < -0.4 is 16.0 Å². The fraction of sp³-hybridized carbons (Fsp3) is 0.222. The van der Waals surface area contributed by atoms with E-state index in [0.29, 0.717) is 33.3 Å². The van der Waals surface area contributed by atoms with Crippen LogP contribution in [0.5, 0.6) is 0 Å². The molecule has 8 nitrogen and oxygen atoms in total. The van der Waals surface area contributed by atoms with Gasteiger partial charge in [-0.3, -0.25) is 9.59 Å². The maximum absolute atomic E-state index is 14.3. The van der Waals surface area contributed by atoms with Crippen molar-refractivity contribution in [2.75, 3.05) is 22.6 Å². The zero-order valence-corrected chi connectivity index (χ0v) is 23.6. The number of fused-ring (bicyclic) bond motifs is 1. The van der Waals surface area contributed by atoms with Gasteiger partial charge in [0.25, 0.3) is 11.8 Å². The molecule has 0 saturated heterocycles. The molecule has 0 radical (unpaired) electrons. The van der Waals surface area contributed by atoms with Crippen molar-refractivity contribution in [3.8, 4) is 0 Å². The first-order valence-corrected chi connectivity index (χ1v) is 12.6. The molecule has 2 amide bonds. The van der Waals surface area contributed by atoms with Crippen LogP contribution in [-0.2, 0) is 0 Å². The van der Waals surface area contributed by atoms with Gasteiger partial charge in [0.05, 0.1) is 34.3 Å². The maximum atomic E-state index is 14.3. The molecule has 0 aliphatic rings. The molecular formula is C27H27Cl3FN5O3. The molecule has 1 heterocycles. The molecule has 206 valence electrons. The van der Waals surface area contributed by atoms with E-state index in [4.69, 9.17) is 23.2 Å². The van der Waals surface area contributed by atoms with E-state index >= 15 is 0 Å². The average molecular weight is 595 g/mol. The topological polar surface area (TPSA) is 119 Å². The van der Waals surface area contributed by atoms with E-state index in [1.807, 2.05) is 13.8 Å². The molecule has 0 bridgehead atoms. The number of carbonyl (C=O) groups excluding carboxylic acids is 2. The molecule has 12 heteroatoms. The highest BCUT2D eigenvalue weighted by atomic mass is 35.5. The van der Waals surface area contributed by atoms with Gasteiger partial charge in [-0.2, -0.15) is 0 Å². The van der Waals surface area contributed by atoms with Gasteiger partial charge in [-0.15, -0.1) is 12.4 Å². The monoisotopic (exact) mass is 593 g/mol. The summed E-state index contributed by atoms with van der Waals surface area (Å²) in [6.45, 7) is 5.55. The molecule has 0 spiro atoms. The standard InChI is InChI=1S/C27H26Cl2FN5O3.ClH/c1-13(2)22(12-36)34-27-33-21-11-15(31-26(38)23-18(29)7-4-8-19(23)30)10-16(24(21)35-27)25(37)32-20-9-5-6-17(28)14(20)3;/h4-11,13,22,36H,12H2,1-3H3,(H,31,38)(H,32,37)(H2,33,34,35);1H. The summed E-state index contributed by atoms with van der Waals surface area (Å²) in [7, 11) is 0. The van der Waals surface area contributed by atoms with Crippen LogP contribution in [0, 0.1) is 18.7 Å². The molecule has 39 heavy (non-hydrogen) atoms. The molecule has 1 atom stereocenters. The van der Waals surface area contributed by atoms with Gasteiger partial charge in [0.2, 0.25) is 5.95 Å². The number of imidazole rings is 1. The highest BCUT2D eigenvalue weighted by Gasteiger charge is 2.21. The fourth-order valence-corrected chi connectivity index (χ4v) is 4.29. The van der Waals surface area contributed by atoms with E-state index in [2.05, 4.69) is 25.9 Å². The summed E-state index contributed by atoms with van der Waals surface area (Å²) in [4.78, 5) is 34.0. The molecule has 1 unspecified atom stereocenters.